The van der Waals surface area contributed by atoms with E-state index in [0.717, 1.165) is 6.08 Å². The second-order valence-electron chi connectivity index (χ2n) is 2.80. The van der Waals surface area contributed by atoms with E-state index in [9.17, 15) is 13.6 Å². The van der Waals surface area contributed by atoms with Crippen LogP contribution in [0.3, 0.4) is 0 Å². The quantitative estimate of drug-likeness (QED) is 0.867. The highest BCUT2D eigenvalue weighted by molar-refractivity contribution is 9.10. The summed E-state index contributed by atoms with van der Waals surface area (Å²) in [7, 11) is 0. The fourth-order valence-corrected chi connectivity index (χ4v) is 1.40. The molecular weight excluding hydrogens is 284 g/mol. The fourth-order valence-electron chi connectivity index (χ4n) is 1.02. The van der Waals surface area contributed by atoms with E-state index in [1.54, 1.807) is 6.07 Å². The van der Waals surface area contributed by atoms with Gasteiger partial charge in [0.1, 0.15) is 5.75 Å². The highest BCUT2D eigenvalue weighted by Crippen LogP contribution is 2.25. The molecule has 1 rings (SSSR count). The van der Waals surface area contributed by atoms with Gasteiger partial charge < -0.3 is 10.5 Å². The van der Waals surface area contributed by atoms with Crippen LogP contribution in [0, 0.1) is 0 Å². The molecule has 0 aromatic heterocycles. The Kier molecular flexibility index (Phi) is 4.42. The van der Waals surface area contributed by atoms with Crippen molar-refractivity contribution in [3.8, 4) is 5.75 Å². The van der Waals surface area contributed by atoms with E-state index in [2.05, 4.69) is 20.7 Å². The highest BCUT2D eigenvalue weighted by Gasteiger charge is 2.08. The Morgan fingerprint density at radius 2 is 2.19 bits per heavy atom. The molecule has 86 valence electrons. The van der Waals surface area contributed by atoms with E-state index in [1.807, 2.05) is 0 Å². The summed E-state index contributed by atoms with van der Waals surface area (Å²) in [5.74, 6) is -0.682. The van der Waals surface area contributed by atoms with Crippen LogP contribution in [0.5, 0.6) is 5.75 Å². The van der Waals surface area contributed by atoms with Crippen LogP contribution >= 0.6 is 15.9 Å². The number of amides is 1. The zero-order valence-corrected chi connectivity index (χ0v) is 9.58. The van der Waals surface area contributed by atoms with Gasteiger partial charge >= 0.3 is 6.61 Å². The summed E-state index contributed by atoms with van der Waals surface area (Å²) < 4.78 is 29.1. The summed E-state index contributed by atoms with van der Waals surface area (Å²) >= 11 is 3.18. The number of halogens is 3. The molecule has 1 aromatic carbocycles. The summed E-state index contributed by atoms with van der Waals surface area (Å²) in [5, 5.41) is 0. The van der Waals surface area contributed by atoms with E-state index in [0.29, 0.717) is 10.0 Å². The van der Waals surface area contributed by atoms with Gasteiger partial charge in [0.05, 0.1) is 0 Å². The summed E-state index contributed by atoms with van der Waals surface area (Å²) in [4.78, 5) is 10.5. The molecule has 6 heteroatoms. The Morgan fingerprint density at radius 1 is 1.50 bits per heavy atom. The van der Waals surface area contributed by atoms with Crippen LogP contribution in [0.4, 0.5) is 8.78 Å². The molecule has 0 aliphatic rings. The van der Waals surface area contributed by atoms with E-state index in [4.69, 9.17) is 5.73 Å². The molecule has 0 atom stereocenters. The SMILES string of the molecule is NC(=O)/C=C/c1cc(Br)ccc1OC(F)F. The molecule has 0 radical (unpaired) electrons. The number of alkyl halides is 2. The van der Waals surface area contributed by atoms with Crippen molar-refractivity contribution in [3.63, 3.8) is 0 Å². The maximum Gasteiger partial charge on any atom is 0.387 e. The minimum atomic E-state index is -2.91. The van der Waals surface area contributed by atoms with Gasteiger partial charge in [0.15, 0.2) is 0 Å². The molecular formula is C10H8BrF2NO2. The summed E-state index contributed by atoms with van der Waals surface area (Å²) in [5.41, 5.74) is 5.24. The zero-order valence-electron chi connectivity index (χ0n) is 7.99. The standard InChI is InChI=1S/C10H8BrF2NO2/c11-7-2-3-8(16-10(12)13)6(5-7)1-4-9(14)15/h1-5,10H,(H2,14,15)/b4-1+. The van der Waals surface area contributed by atoms with Crippen molar-refractivity contribution < 1.29 is 18.3 Å². The number of carbonyl (C=O) groups is 1. The Hall–Kier alpha value is -1.43. The minimum absolute atomic E-state index is 0.0179. The number of carbonyl (C=O) groups excluding carboxylic acids is 1. The number of primary amides is 1. The van der Waals surface area contributed by atoms with Crippen LogP contribution in [0.25, 0.3) is 6.08 Å². The van der Waals surface area contributed by atoms with Gasteiger partial charge in [0, 0.05) is 16.1 Å². The van der Waals surface area contributed by atoms with Gasteiger partial charge in [-0.1, -0.05) is 15.9 Å². The monoisotopic (exact) mass is 291 g/mol. The normalized spacial score (nSPS) is 11.0. The molecule has 1 aromatic rings. The third-order valence-electron chi connectivity index (χ3n) is 1.62. The molecule has 0 saturated heterocycles. The summed E-state index contributed by atoms with van der Waals surface area (Å²) in [6.45, 7) is -2.91. The molecule has 0 aliphatic carbocycles. The minimum Gasteiger partial charge on any atom is -0.434 e. The van der Waals surface area contributed by atoms with Crippen molar-refractivity contribution in [2.45, 2.75) is 6.61 Å². The van der Waals surface area contributed by atoms with Crippen molar-refractivity contribution in [1.82, 2.24) is 0 Å². The van der Waals surface area contributed by atoms with Crippen molar-refractivity contribution in [1.29, 1.82) is 0 Å². The van der Waals surface area contributed by atoms with E-state index < -0.39 is 12.5 Å². The number of ether oxygens (including phenoxy) is 1. The predicted molar refractivity (Wildman–Crippen MR) is 59.0 cm³/mol. The van der Waals surface area contributed by atoms with Crippen LogP contribution in [0.2, 0.25) is 0 Å². The van der Waals surface area contributed by atoms with Gasteiger partial charge in [0.25, 0.3) is 0 Å². The van der Waals surface area contributed by atoms with E-state index >= 15 is 0 Å². The van der Waals surface area contributed by atoms with E-state index in [-0.39, 0.29) is 5.75 Å². The second-order valence-corrected chi connectivity index (χ2v) is 3.71. The maximum absolute atomic E-state index is 12.1. The molecule has 3 nitrogen and oxygen atoms in total. The largest absolute Gasteiger partial charge is 0.434 e. The Labute approximate surface area is 99.0 Å². The number of rotatable bonds is 4. The van der Waals surface area contributed by atoms with Crippen molar-refractivity contribution in [2.24, 2.45) is 5.73 Å². The third kappa shape index (κ3) is 3.98. The van der Waals surface area contributed by atoms with Crippen LogP contribution in [0.15, 0.2) is 28.7 Å². The first-order valence-electron chi connectivity index (χ1n) is 4.21. The molecule has 0 spiro atoms. The van der Waals surface area contributed by atoms with E-state index in [1.165, 1.54) is 18.2 Å². The van der Waals surface area contributed by atoms with Crippen molar-refractivity contribution >= 4 is 27.9 Å². The lowest BCUT2D eigenvalue weighted by Gasteiger charge is -2.08. The molecule has 0 fully saturated rings. The molecule has 0 heterocycles. The molecule has 2 N–H and O–H groups in total. The van der Waals surface area contributed by atoms with Crippen LogP contribution in [-0.4, -0.2) is 12.5 Å². The number of hydrogen-bond donors (Lipinski definition) is 1. The highest BCUT2D eigenvalue weighted by atomic mass is 79.9. The lowest BCUT2D eigenvalue weighted by Crippen LogP contribution is -2.06. The second kappa shape index (κ2) is 5.60. The predicted octanol–water partition coefficient (Wildman–Crippen LogP) is 2.55. The van der Waals surface area contributed by atoms with Gasteiger partial charge in [-0.2, -0.15) is 8.78 Å². The first kappa shape index (κ1) is 12.6. The average molecular weight is 292 g/mol. The molecule has 0 aliphatic heterocycles. The van der Waals surface area contributed by atoms with Crippen molar-refractivity contribution in [3.05, 3.63) is 34.3 Å². The fraction of sp³-hybridized carbons (Fsp3) is 0.100. The van der Waals surface area contributed by atoms with Gasteiger partial charge in [-0.15, -0.1) is 0 Å². The molecule has 1 amide bonds. The topological polar surface area (TPSA) is 52.3 Å². The Bertz CT molecular complexity index is 421. The lowest BCUT2D eigenvalue weighted by molar-refractivity contribution is -0.113. The smallest absolute Gasteiger partial charge is 0.387 e. The number of benzene rings is 1. The van der Waals surface area contributed by atoms with Crippen LogP contribution in [0.1, 0.15) is 5.56 Å². The van der Waals surface area contributed by atoms with Crippen LogP contribution in [-0.2, 0) is 4.79 Å². The molecule has 0 bridgehead atoms. The zero-order chi connectivity index (χ0) is 12.1. The first-order valence-corrected chi connectivity index (χ1v) is 5.00. The number of hydrogen-bond acceptors (Lipinski definition) is 2. The van der Waals surface area contributed by atoms with Crippen LogP contribution < -0.4 is 10.5 Å². The third-order valence-corrected chi connectivity index (χ3v) is 2.11. The maximum atomic E-state index is 12.1. The summed E-state index contributed by atoms with van der Waals surface area (Å²) in [6.07, 6.45) is 2.38. The van der Waals surface area contributed by atoms with Gasteiger partial charge in [-0.05, 0) is 24.3 Å². The average Bonchev–Trinajstić information content (AvgIpc) is 2.17. The molecule has 16 heavy (non-hydrogen) atoms. The Morgan fingerprint density at radius 3 is 2.75 bits per heavy atom. The summed E-state index contributed by atoms with van der Waals surface area (Å²) in [6, 6.07) is 4.47. The van der Waals surface area contributed by atoms with Gasteiger partial charge in [0.2, 0.25) is 5.91 Å². The molecule has 0 unspecified atom stereocenters. The number of nitrogens with two attached hydrogens (primary N) is 1. The van der Waals surface area contributed by atoms with Gasteiger partial charge in [-0.3, -0.25) is 4.79 Å². The van der Waals surface area contributed by atoms with Gasteiger partial charge in [-0.25, -0.2) is 0 Å². The molecule has 0 saturated carbocycles. The first-order chi connectivity index (χ1) is 7.49. The van der Waals surface area contributed by atoms with Crippen molar-refractivity contribution in [2.75, 3.05) is 0 Å². The lowest BCUT2D eigenvalue weighted by atomic mass is 10.2. The Balaban J connectivity index is 3.03.